The lowest BCUT2D eigenvalue weighted by molar-refractivity contribution is -0.122. The number of carboxylic acid groups (broad SMARTS) is 1. The summed E-state index contributed by atoms with van der Waals surface area (Å²) in [5.74, 6) is -3.51. The molecule has 1 unspecified atom stereocenters. The molecule has 8 heteroatoms. The largest absolute Gasteiger partial charge is 0.483 e. The summed E-state index contributed by atoms with van der Waals surface area (Å²) in [6, 6.07) is 11.2. The van der Waals surface area contributed by atoms with Crippen molar-refractivity contribution in [2.45, 2.75) is 31.7 Å². The summed E-state index contributed by atoms with van der Waals surface area (Å²) in [6.45, 7) is 3.23. The molecule has 1 aliphatic carbocycles. The van der Waals surface area contributed by atoms with Gasteiger partial charge in [0.05, 0.1) is 6.54 Å². The highest BCUT2D eigenvalue weighted by Gasteiger charge is 2.44. The summed E-state index contributed by atoms with van der Waals surface area (Å²) in [4.78, 5) is 32.8. The zero-order valence-corrected chi connectivity index (χ0v) is 17.5. The molecule has 1 atom stereocenters. The van der Waals surface area contributed by atoms with E-state index in [2.05, 4.69) is 24.2 Å². The van der Waals surface area contributed by atoms with Gasteiger partial charge in [0.1, 0.15) is 6.29 Å². The fourth-order valence-electron chi connectivity index (χ4n) is 3.63. The molecule has 0 spiro atoms. The Hall–Kier alpha value is -3.13. The third-order valence-corrected chi connectivity index (χ3v) is 5.41. The average molecular weight is 432 g/mol. The fourth-order valence-corrected chi connectivity index (χ4v) is 3.63. The second-order valence-corrected chi connectivity index (χ2v) is 7.33. The Morgan fingerprint density at radius 1 is 1.19 bits per heavy atom. The molecular formula is C23H26F2N2O4. The van der Waals surface area contributed by atoms with Crippen molar-refractivity contribution in [3.63, 3.8) is 0 Å². The number of nitrogens with zero attached hydrogens (tertiary/aromatic N) is 1. The molecule has 1 fully saturated rings. The van der Waals surface area contributed by atoms with Crippen LogP contribution in [0.15, 0.2) is 42.5 Å². The van der Waals surface area contributed by atoms with Crippen molar-refractivity contribution in [3.8, 4) is 11.1 Å². The van der Waals surface area contributed by atoms with Gasteiger partial charge in [0, 0.05) is 22.7 Å². The van der Waals surface area contributed by atoms with Crippen LogP contribution >= 0.6 is 0 Å². The number of carbonyl (C=O) groups excluding carboxylic acids is 2. The molecular weight excluding hydrogens is 406 g/mol. The van der Waals surface area contributed by atoms with Gasteiger partial charge in [-0.3, -0.25) is 9.59 Å². The van der Waals surface area contributed by atoms with Crippen LogP contribution in [0.2, 0.25) is 0 Å². The molecule has 2 N–H and O–H groups in total. The van der Waals surface area contributed by atoms with E-state index in [4.69, 9.17) is 9.90 Å². The lowest BCUT2D eigenvalue weighted by Gasteiger charge is -2.12. The van der Waals surface area contributed by atoms with Gasteiger partial charge in [-0.2, -0.15) is 8.78 Å². The van der Waals surface area contributed by atoms with E-state index >= 15 is 0 Å². The first-order valence-corrected chi connectivity index (χ1v) is 9.90. The number of aldehydes is 1. The number of nitrogens with one attached hydrogen (secondary N) is 1. The third-order valence-electron chi connectivity index (χ3n) is 5.41. The van der Waals surface area contributed by atoms with Crippen LogP contribution in [0.3, 0.4) is 0 Å². The SMILES string of the molecule is CC1CCCN1C.O=CCNC(=O)c1ccc2c(c1)-c1ccccc1C2(F)F.O=CO. The fraction of sp³-hybridized carbons (Fsp3) is 0.348. The predicted octanol–water partition coefficient (Wildman–Crippen LogP) is 3.54. The van der Waals surface area contributed by atoms with Crippen LogP contribution in [0.1, 0.15) is 41.3 Å². The maximum absolute atomic E-state index is 14.3. The van der Waals surface area contributed by atoms with Crippen LogP contribution < -0.4 is 5.32 Å². The van der Waals surface area contributed by atoms with Crippen molar-refractivity contribution < 1.29 is 28.3 Å². The molecule has 1 heterocycles. The van der Waals surface area contributed by atoms with Gasteiger partial charge in [-0.25, -0.2) is 0 Å². The number of hydrogen-bond donors (Lipinski definition) is 2. The van der Waals surface area contributed by atoms with Crippen molar-refractivity contribution >= 4 is 18.7 Å². The van der Waals surface area contributed by atoms with Crippen LogP contribution in [-0.2, 0) is 15.5 Å². The van der Waals surface area contributed by atoms with Crippen LogP contribution in [0.4, 0.5) is 8.78 Å². The molecule has 166 valence electrons. The molecule has 0 radical (unpaired) electrons. The first kappa shape index (κ1) is 24.1. The van der Waals surface area contributed by atoms with E-state index in [9.17, 15) is 18.4 Å². The number of rotatable bonds is 3. The molecule has 6 nitrogen and oxygen atoms in total. The second-order valence-electron chi connectivity index (χ2n) is 7.33. The number of alkyl halides is 2. The van der Waals surface area contributed by atoms with Crippen LogP contribution in [0.25, 0.3) is 11.1 Å². The number of benzene rings is 2. The summed E-state index contributed by atoms with van der Waals surface area (Å²) >= 11 is 0. The first-order chi connectivity index (χ1) is 14.8. The minimum atomic E-state index is -3.05. The molecule has 4 rings (SSSR count). The lowest BCUT2D eigenvalue weighted by atomic mass is 10.0. The molecule has 2 aromatic carbocycles. The van der Waals surface area contributed by atoms with E-state index in [1.54, 1.807) is 18.2 Å². The molecule has 1 amide bonds. The topological polar surface area (TPSA) is 86.7 Å². The molecule has 2 aromatic rings. The van der Waals surface area contributed by atoms with Gasteiger partial charge in [0.2, 0.25) is 0 Å². The van der Waals surface area contributed by atoms with Crippen LogP contribution in [0, 0.1) is 0 Å². The third kappa shape index (κ3) is 5.52. The van der Waals surface area contributed by atoms with E-state index in [0.29, 0.717) is 17.4 Å². The number of amides is 1. The van der Waals surface area contributed by atoms with Gasteiger partial charge in [-0.15, -0.1) is 0 Å². The Morgan fingerprint density at radius 2 is 1.84 bits per heavy atom. The van der Waals surface area contributed by atoms with E-state index in [-0.39, 0.29) is 29.7 Å². The maximum atomic E-state index is 14.3. The van der Waals surface area contributed by atoms with E-state index in [1.807, 2.05) is 0 Å². The Morgan fingerprint density at radius 3 is 2.39 bits per heavy atom. The number of hydrogen-bond acceptors (Lipinski definition) is 4. The molecule has 31 heavy (non-hydrogen) atoms. The van der Waals surface area contributed by atoms with Gasteiger partial charge in [0.15, 0.2) is 0 Å². The Bertz CT molecular complexity index is 926. The highest BCUT2D eigenvalue weighted by atomic mass is 19.3. The van der Waals surface area contributed by atoms with Crippen LogP contribution in [-0.4, -0.2) is 54.9 Å². The zero-order chi connectivity index (χ0) is 23.0. The van der Waals surface area contributed by atoms with Crippen molar-refractivity contribution in [2.75, 3.05) is 20.1 Å². The summed E-state index contributed by atoms with van der Waals surface area (Å²) in [5.41, 5.74) is 0.890. The summed E-state index contributed by atoms with van der Waals surface area (Å²) in [5, 5.41) is 9.28. The predicted molar refractivity (Wildman–Crippen MR) is 113 cm³/mol. The first-order valence-electron chi connectivity index (χ1n) is 9.90. The summed E-state index contributed by atoms with van der Waals surface area (Å²) in [7, 11) is 2.19. The molecule has 0 bridgehead atoms. The van der Waals surface area contributed by atoms with E-state index in [1.165, 1.54) is 43.7 Å². The zero-order valence-electron chi connectivity index (χ0n) is 17.5. The van der Waals surface area contributed by atoms with Crippen molar-refractivity contribution in [3.05, 3.63) is 59.2 Å². The Labute approximate surface area is 179 Å². The van der Waals surface area contributed by atoms with Crippen molar-refractivity contribution in [2.24, 2.45) is 0 Å². The number of fused-ring (bicyclic) bond motifs is 3. The number of likely N-dealkylation sites (tertiary alicyclic amines) is 1. The standard InChI is InChI=1S/C16H11F2NO2.C6H13N.CH2O2/c17-16(18)13-4-2-1-3-11(13)12-9-10(5-6-14(12)16)15(21)19-7-8-20;1-6-4-3-5-7(6)2;2-1-3/h1-6,8-9H,7H2,(H,19,21);6H,3-5H2,1-2H3;1H,(H,2,3). The molecule has 0 saturated carbocycles. The van der Waals surface area contributed by atoms with Gasteiger partial charge in [-0.1, -0.05) is 30.3 Å². The molecule has 2 aliphatic rings. The minimum Gasteiger partial charge on any atom is -0.483 e. The second kappa shape index (κ2) is 10.8. The van der Waals surface area contributed by atoms with Gasteiger partial charge in [0.25, 0.3) is 18.3 Å². The highest BCUT2D eigenvalue weighted by molar-refractivity contribution is 5.97. The maximum Gasteiger partial charge on any atom is 0.299 e. The van der Waals surface area contributed by atoms with Gasteiger partial charge in [-0.05, 0) is 56.6 Å². The Balaban J connectivity index is 0.000000284. The van der Waals surface area contributed by atoms with E-state index < -0.39 is 11.8 Å². The van der Waals surface area contributed by atoms with Gasteiger partial charge < -0.3 is 20.1 Å². The summed E-state index contributed by atoms with van der Waals surface area (Å²) in [6.07, 6.45) is 3.36. The van der Waals surface area contributed by atoms with Crippen molar-refractivity contribution in [1.29, 1.82) is 0 Å². The number of halogens is 2. The molecule has 0 aromatic heterocycles. The molecule has 1 saturated heterocycles. The minimum absolute atomic E-state index is 0.0505. The van der Waals surface area contributed by atoms with Gasteiger partial charge >= 0.3 is 0 Å². The normalized spacial score (nSPS) is 17.7. The van der Waals surface area contributed by atoms with Crippen LogP contribution in [0.5, 0.6) is 0 Å². The monoisotopic (exact) mass is 432 g/mol. The van der Waals surface area contributed by atoms with E-state index in [0.717, 1.165) is 6.04 Å². The number of carbonyl (C=O) groups is 3. The molecule has 1 aliphatic heterocycles. The smallest absolute Gasteiger partial charge is 0.299 e. The quantitative estimate of drug-likeness (QED) is 0.725. The Kier molecular flexibility index (Phi) is 8.38. The summed E-state index contributed by atoms with van der Waals surface area (Å²) < 4.78 is 28.6. The average Bonchev–Trinajstić information content (AvgIpc) is 3.24. The lowest BCUT2D eigenvalue weighted by Crippen LogP contribution is -2.25. The van der Waals surface area contributed by atoms with Crippen molar-refractivity contribution in [1.82, 2.24) is 10.2 Å². The highest BCUT2D eigenvalue weighted by Crippen LogP contribution is 2.50.